The Bertz CT molecular complexity index is 1570. The maximum atomic E-state index is 14.4. The van der Waals surface area contributed by atoms with Crippen molar-refractivity contribution in [3.05, 3.63) is 65.2 Å². The molecule has 1 N–H and O–H groups in total. The molecule has 0 saturated heterocycles. The van der Waals surface area contributed by atoms with E-state index >= 15 is 0 Å². The smallest absolute Gasteiger partial charge is 0.407 e. The molecule has 2 aromatic carbocycles. The maximum Gasteiger partial charge on any atom is 0.407 e. The summed E-state index contributed by atoms with van der Waals surface area (Å²) in [6.45, 7) is 17.2. The Labute approximate surface area is 324 Å². The predicted octanol–water partition coefficient (Wildman–Crippen LogP) is 11.4. The van der Waals surface area contributed by atoms with Gasteiger partial charge in [-0.1, -0.05) is 43.3 Å². The third kappa shape index (κ3) is 10.4. The van der Waals surface area contributed by atoms with Crippen LogP contribution in [0, 0.1) is 17.3 Å². The van der Waals surface area contributed by atoms with Crippen LogP contribution in [-0.2, 0) is 45.0 Å². The van der Waals surface area contributed by atoms with Crippen LogP contribution in [0.2, 0.25) is 0 Å². The summed E-state index contributed by atoms with van der Waals surface area (Å²) in [6.07, 6.45) is 4.18. The number of benzene rings is 2. The number of hydrogen-bond donors (Lipinski definition) is 1. The number of hydrogen-bond acceptors (Lipinski definition) is 9. The van der Waals surface area contributed by atoms with Crippen molar-refractivity contribution in [2.24, 2.45) is 17.3 Å². The molecule has 0 radical (unpaired) electrons. The lowest BCUT2D eigenvalue weighted by molar-refractivity contribution is -0.0314. The predicted molar refractivity (Wildman–Crippen MR) is 213 cm³/mol. The fourth-order valence-corrected chi connectivity index (χ4v) is 15.2. The van der Waals surface area contributed by atoms with Gasteiger partial charge in [0.15, 0.2) is 5.40 Å². The number of carbonyl (C=O) groups is 1. The van der Waals surface area contributed by atoms with E-state index in [4.69, 9.17) is 27.6 Å². The van der Waals surface area contributed by atoms with E-state index in [1.165, 1.54) is 11.1 Å². The summed E-state index contributed by atoms with van der Waals surface area (Å²) in [5, 5.41) is 1.75. The standard InChI is InChI=1S/C42H65NO9P2/c1-28(2)49-53(45,50-29(3)4)40(54(46,51-30(5)6)52-31(7)8)16-13-25-43-41(44)48-39-22-21-38-37-19-17-33-26-34(47-27-32-14-11-10-12-15-32)18-20-35(33)36(37)23-24-42(38,39)9/h10-12,14-15,18,20,26,28-31,36-40H,13,16-17,19,21-25,27H2,1-9H3,(H,43,44)/t36-,37-,38+,39+,42+/m1/s1. The van der Waals surface area contributed by atoms with Crippen molar-refractivity contribution in [2.75, 3.05) is 6.54 Å². The molecule has 3 aliphatic carbocycles. The molecule has 12 heteroatoms. The van der Waals surface area contributed by atoms with Gasteiger partial charge in [-0.15, -0.1) is 0 Å². The van der Waals surface area contributed by atoms with Crippen molar-refractivity contribution in [3.8, 4) is 5.75 Å². The number of amides is 1. The number of ether oxygens (including phenoxy) is 2. The fraction of sp³-hybridized carbons (Fsp3) is 0.690. The molecule has 3 aliphatic rings. The van der Waals surface area contributed by atoms with Crippen LogP contribution in [0.4, 0.5) is 4.79 Å². The van der Waals surface area contributed by atoms with Gasteiger partial charge in [-0.25, -0.2) is 4.79 Å². The Hall–Kier alpha value is -2.19. The first kappa shape index (κ1) is 42.9. The molecular formula is C42H65NO9P2. The molecule has 302 valence electrons. The lowest BCUT2D eigenvalue weighted by Crippen LogP contribution is -2.46. The van der Waals surface area contributed by atoms with Crippen LogP contribution in [0.1, 0.15) is 130 Å². The molecule has 2 saturated carbocycles. The number of nitrogens with one attached hydrogen (secondary N) is 1. The van der Waals surface area contributed by atoms with Gasteiger partial charge in [0.1, 0.15) is 18.5 Å². The van der Waals surface area contributed by atoms with E-state index in [1.807, 2.05) is 18.2 Å². The van der Waals surface area contributed by atoms with Crippen molar-refractivity contribution in [1.82, 2.24) is 5.32 Å². The molecular weight excluding hydrogens is 724 g/mol. The second-order valence-corrected chi connectivity index (χ2v) is 21.5. The first-order chi connectivity index (χ1) is 25.5. The summed E-state index contributed by atoms with van der Waals surface area (Å²) < 4.78 is 64.9. The lowest BCUT2D eigenvalue weighted by Gasteiger charge is -2.50. The van der Waals surface area contributed by atoms with Crippen molar-refractivity contribution < 1.29 is 41.5 Å². The second-order valence-electron chi connectivity index (χ2n) is 16.8. The van der Waals surface area contributed by atoms with Crippen LogP contribution >= 0.6 is 15.2 Å². The summed E-state index contributed by atoms with van der Waals surface area (Å²) >= 11 is 0. The minimum absolute atomic E-state index is 0.0795. The van der Waals surface area contributed by atoms with E-state index in [0.717, 1.165) is 49.8 Å². The number of alkyl carbamates (subject to hydrolysis) is 1. The van der Waals surface area contributed by atoms with Gasteiger partial charge in [0.05, 0.1) is 24.4 Å². The fourth-order valence-electron chi connectivity index (χ4n) is 9.18. The minimum Gasteiger partial charge on any atom is -0.489 e. The monoisotopic (exact) mass is 789 g/mol. The Morgan fingerprint density at radius 3 is 2.02 bits per heavy atom. The van der Waals surface area contributed by atoms with Gasteiger partial charge in [-0.3, -0.25) is 9.13 Å². The molecule has 2 fully saturated rings. The molecule has 0 spiro atoms. The van der Waals surface area contributed by atoms with Gasteiger partial charge in [0, 0.05) is 12.0 Å². The SMILES string of the molecule is CC(C)OP(=O)(OC(C)C)C(CCCNC(=O)O[C@H]1CC[C@H]2[C@@H]3CCc4cc(OCc5ccccc5)ccc4[C@H]3CC[C@]12C)P(=O)(OC(C)C)OC(C)C. The van der Waals surface area contributed by atoms with E-state index in [9.17, 15) is 13.9 Å². The zero-order chi connectivity index (χ0) is 39.3. The van der Waals surface area contributed by atoms with E-state index in [0.29, 0.717) is 30.8 Å². The van der Waals surface area contributed by atoms with Crippen LogP contribution < -0.4 is 10.1 Å². The van der Waals surface area contributed by atoms with E-state index in [2.05, 4.69) is 42.6 Å². The minimum atomic E-state index is -4.00. The van der Waals surface area contributed by atoms with Crippen molar-refractivity contribution in [2.45, 2.75) is 162 Å². The van der Waals surface area contributed by atoms with Gasteiger partial charge in [-0.2, -0.15) is 0 Å². The van der Waals surface area contributed by atoms with Crippen LogP contribution in [-0.4, -0.2) is 48.6 Å². The third-order valence-electron chi connectivity index (χ3n) is 11.2. The van der Waals surface area contributed by atoms with Crippen LogP contribution in [0.3, 0.4) is 0 Å². The van der Waals surface area contributed by atoms with Gasteiger partial charge in [0.2, 0.25) is 0 Å². The Balaban J connectivity index is 1.19. The highest BCUT2D eigenvalue weighted by atomic mass is 31.2. The highest BCUT2D eigenvalue weighted by Gasteiger charge is 2.56. The van der Waals surface area contributed by atoms with Crippen LogP contribution in [0.25, 0.3) is 0 Å². The van der Waals surface area contributed by atoms with Gasteiger partial charge in [-0.05, 0) is 153 Å². The number of fused-ring (bicyclic) bond motifs is 5. The van der Waals surface area contributed by atoms with E-state index in [-0.39, 0.29) is 24.5 Å². The highest BCUT2D eigenvalue weighted by molar-refractivity contribution is 7.72. The molecule has 0 aliphatic heterocycles. The highest BCUT2D eigenvalue weighted by Crippen LogP contribution is 2.73. The summed E-state index contributed by atoms with van der Waals surface area (Å²) in [6, 6.07) is 16.9. The van der Waals surface area contributed by atoms with Crippen LogP contribution in [0.15, 0.2) is 48.5 Å². The zero-order valence-electron chi connectivity index (χ0n) is 34.0. The van der Waals surface area contributed by atoms with Gasteiger partial charge >= 0.3 is 21.3 Å². The topological polar surface area (TPSA) is 119 Å². The van der Waals surface area contributed by atoms with Crippen molar-refractivity contribution >= 4 is 21.3 Å². The van der Waals surface area contributed by atoms with Crippen LogP contribution in [0.5, 0.6) is 5.75 Å². The summed E-state index contributed by atoms with van der Waals surface area (Å²) in [7, 11) is -8.01. The third-order valence-corrected chi connectivity index (χ3v) is 17.7. The van der Waals surface area contributed by atoms with E-state index < -0.39 is 51.1 Å². The molecule has 54 heavy (non-hydrogen) atoms. The molecule has 0 unspecified atom stereocenters. The van der Waals surface area contributed by atoms with Crippen molar-refractivity contribution in [1.29, 1.82) is 0 Å². The molecule has 10 nitrogen and oxygen atoms in total. The van der Waals surface area contributed by atoms with Crippen molar-refractivity contribution in [3.63, 3.8) is 0 Å². The zero-order valence-corrected chi connectivity index (χ0v) is 35.7. The average Bonchev–Trinajstić information content (AvgIpc) is 3.41. The normalized spacial score (nSPS) is 24.2. The molecule has 2 aromatic rings. The summed E-state index contributed by atoms with van der Waals surface area (Å²) in [4.78, 5) is 13.3. The Morgan fingerprint density at radius 1 is 0.815 bits per heavy atom. The molecule has 1 amide bonds. The summed E-state index contributed by atoms with van der Waals surface area (Å²) in [5.41, 5.74) is 3.95. The van der Waals surface area contributed by atoms with Gasteiger partial charge < -0.3 is 32.9 Å². The maximum absolute atomic E-state index is 14.4. The first-order valence-corrected chi connectivity index (χ1v) is 23.4. The molecule has 0 heterocycles. The molecule has 5 rings (SSSR count). The lowest BCUT2D eigenvalue weighted by atomic mass is 9.55. The van der Waals surface area contributed by atoms with E-state index in [1.54, 1.807) is 55.4 Å². The quantitative estimate of drug-likeness (QED) is 0.116. The number of aryl methyl sites for hydroxylation is 1. The number of rotatable bonds is 18. The largest absolute Gasteiger partial charge is 0.489 e. The Morgan fingerprint density at radius 2 is 1.43 bits per heavy atom. The first-order valence-electron chi connectivity index (χ1n) is 20.2. The Kier molecular flexibility index (Phi) is 14.6. The second kappa shape index (κ2) is 18.4. The van der Waals surface area contributed by atoms with Gasteiger partial charge in [0.25, 0.3) is 0 Å². The summed E-state index contributed by atoms with van der Waals surface area (Å²) in [5.74, 6) is 2.50. The molecule has 0 aromatic heterocycles. The molecule has 5 atom stereocenters. The molecule has 0 bridgehead atoms. The average molecular weight is 790 g/mol. The number of carbonyl (C=O) groups excluding carboxylic acids is 1.